The minimum Gasteiger partial charge on any atom is -0.748 e. The summed E-state index contributed by atoms with van der Waals surface area (Å²) >= 11 is 0. The normalized spacial score (nSPS) is 13.1. The molecule has 1 aliphatic heterocycles. The Labute approximate surface area is 192 Å². The fraction of sp³-hybridized carbons (Fsp3) is 0.333. The molecule has 2 aromatic carbocycles. The zero-order valence-electron chi connectivity index (χ0n) is 16.5. The largest absolute Gasteiger partial charge is 1.00 e. The molecule has 0 N–H and O–H groups in total. The smallest absolute Gasteiger partial charge is 0.748 e. The molecule has 0 unspecified atom stereocenters. The third-order valence-electron chi connectivity index (χ3n) is 4.69. The van der Waals surface area contributed by atoms with Crippen molar-refractivity contribution < 1.29 is 52.1 Å². The predicted octanol–water partition coefficient (Wildman–Crippen LogP) is -0.0832. The van der Waals surface area contributed by atoms with Crippen molar-refractivity contribution in [3.05, 3.63) is 47.0 Å². The van der Waals surface area contributed by atoms with Gasteiger partial charge in [-0.15, -0.1) is 0 Å². The van der Waals surface area contributed by atoms with Crippen molar-refractivity contribution >= 4 is 32.7 Å². The molecule has 2 aromatic rings. The second-order valence-electron chi connectivity index (χ2n) is 6.67. The van der Waals surface area contributed by atoms with Crippen LogP contribution in [0.5, 0.6) is 0 Å². The van der Waals surface area contributed by atoms with Crippen LogP contribution in [-0.4, -0.2) is 42.0 Å². The van der Waals surface area contributed by atoms with E-state index in [0.717, 1.165) is 41.5 Å². The quantitative estimate of drug-likeness (QED) is 0.214. The average Bonchev–Trinajstić information content (AvgIpc) is 2.65. The summed E-state index contributed by atoms with van der Waals surface area (Å²) in [5.74, 6) is 4.27. The zero-order chi connectivity index (χ0) is 20.3. The Kier molecular flexibility index (Phi) is 8.03. The van der Waals surface area contributed by atoms with E-state index in [1.807, 2.05) is 6.07 Å². The van der Waals surface area contributed by atoms with Gasteiger partial charge in [0.1, 0.15) is 0 Å². The van der Waals surface area contributed by atoms with Crippen LogP contribution in [0.4, 0.5) is 0 Å². The van der Waals surface area contributed by atoms with Gasteiger partial charge in [0.05, 0.1) is 15.9 Å². The van der Waals surface area contributed by atoms with Gasteiger partial charge in [-0.25, -0.2) is 8.42 Å². The first-order valence-electron chi connectivity index (χ1n) is 9.18. The zero-order valence-corrected chi connectivity index (χ0v) is 19.3. The van der Waals surface area contributed by atoms with Crippen molar-refractivity contribution in [2.45, 2.75) is 32.6 Å². The van der Waals surface area contributed by atoms with Gasteiger partial charge in [-0.2, -0.15) is 0 Å². The number of unbranched alkanes of at least 4 members (excludes halogenated alkanes) is 3. The van der Waals surface area contributed by atoms with Crippen LogP contribution in [0.1, 0.15) is 58.9 Å². The van der Waals surface area contributed by atoms with Crippen LogP contribution in [0.25, 0.3) is 10.8 Å². The van der Waals surface area contributed by atoms with Crippen LogP contribution in [0.3, 0.4) is 0 Å². The van der Waals surface area contributed by atoms with Crippen molar-refractivity contribution in [3.63, 3.8) is 0 Å². The molecule has 146 valence electrons. The van der Waals surface area contributed by atoms with E-state index in [0.29, 0.717) is 16.5 Å². The maximum absolute atomic E-state index is 12.7. The molecular formula is C21H20NNaO5S. The van der Waals surface area contributed by atoms with Crippen LogP contribution in [0.2, 0.25) is 0 Å². The number of carbonyl (C=O) groups is 2. The molecular weight excluding hydrogens is 401 g/mol. The number of carbonyl (C=O) groups excluding carboxylic acids is 2. The summed E-state index contributed by atoms with van der Waals surface area (Å²) < 4.78 is 32.7. The Hall–Kier alpha value is -1.69. The standard InChI is InChI=1S/C21H21NO5S.Na/c1-2-3-4-5-6-8-15-11-12-18-19-16(15)9-7-10-17(19)20(23)22(21(18)24)13-14-28(25,26)27;/h7,9-12H,2-5,13-14H2,1H3,(H,25,26,27);/q;+1/p-1. The van der Waals surface area contributed by atoms with E-state index in [1.54, 1.807) is 24.3 Å². The van der Waals surface area contributed by atoms with Crippen molar-refractivity contribution in [1.29, 1.82) is 0 Å². The molecule has 0 radical (unpaired) electrons. The SMILES string of the molecule is CCCCCC#Cc1ccc2c3c(cccc13)C(=O)N(CCS(=O)(=O)[O-])C2=O.[Na+]. The van der Waals surface area contributed by atoms with E-state index in [4.69, 9.17) is 0 Å². The summed E-state index contributed by atoms with van der Waals surface area (Å²) in [5.41, 5.74) is 1.36. The first-order valence-corrected chi connectivity index (χ1v) is 10.8. The van der Waals surface area contributed by atoms with Gasteiger partial charge >= 0.3 is 29.6 Å². The Balaban J connectivity index is 0.00000300. The molecule has 6 nitrogen and oxygen atoms in total. The Morgan fingerprint density at radius 1 is 1.03 bits per heavy atom. The van der Waals surface area contributed by atoms with Gasteiger partial charge in [-0.05, 0) is 30.0 Å². The molecule has 0 atom stereocenters. The Bertz CT molecular complexity index is 1090. The Morgan fingerprint density at radius 3 is 2.38 bits per heavy atom. The number of benzene rings is 2. The second kappa shape index (κ2) is 9.88. The molecule has 0 fully saturated rings. The summed E-state index contributed by atoms with van der Waals surface area (Å²) in [6, 6.07) is 8.47. The third-order valence-corrected chi connectivity index (χ3v) is 5.37. The van der Waals surface area contributed by atoms with Gasteiger partial charge in [0.15, 0.2) is 0 Å². The van der Waals surface area contributed by atoms with E-state index >= 15 is 0 Å². The van der Waals surface area contributed by atoms with Crippen molar-refractivity contribution in [1.82, 2.24) is 4.90 Å². The number of hydrogen-bond donors (Lipinski definition) is 0. The fourth-order valence-electron chi connectivity index (χ4n) is 3.28. The molecule has 0 aliphatic carbocycles. The van der Waals surface area contributed by atoms with Gasteiger partial charge in [0, 0.05) is 35.0 Å². The van der Waals surface area contributed by atoms with Crippen molar-refractivity contribution in [2.75, 3.05) is 12.3 Å². The maximum Gasteiger partial charge on any atom is 1.00 e. The predicted molar refractivity (Wildman–Crippen MR) is 105 cm³/mol. The first kappa shape index (κ1) is 23.6. The van der Waals surface area contributed by atoms with Gasteiger partial charge in [-0.3, -0.25) is 14.5 Å². The minimum atomic E-state index is -4.54. The van der Waals surface area contributed by atoms with Gasteiger partial charge in [0.2, 0.25) is 0 Å². The molecule has 8 heteroatoms. The van der Waals surface area contributed by atoms with Gasteiger partial charge in [0.25, 0.3) is 11.8 Å². The van der Waals surface area contributed by atoms with E-state index in [-0.39, 0.29) is 29.6 Å². The van der Waals surface area contributed by atoms with E-state index in [9.17, 15) is 22.6 Å². The average molecular weight is 421 g/mol. The number of rotatable bonds is 6. The molecule has 0 saturated carbocycles. The fourth-order valence-corrected chi connectivity index (χ4v) is 3.69. The molecule has 1 aliphatic rings. The van der Waals surface area contributed by atoms with E-state index < -0.39 is 34.2 Å². The van der Waals surface area contributed by atoms with Crippen LogP contribution in [-0.2, 0) is 10.1 Å². The van der Waals surface area contributed by atoms with Crippen LogP contribution < -0.4 is 29.6 Å². The second-order valence-corrected chi connectivity index (χ2v) is 8.20. The summed E-state index contributed by atoms with van der Waals surface area (Å²) in [4.78, 5) is 26.3. The summed E-state index contributed by atoms with van der Waals surface area (Å²) in [5, 5.41) is 1.25. The third kappa shape index (κ3) is 5.27. The molecule has 0 bridgehead atoms. The molecule has 1 heterocycles. The van der Waals surface area contributed by atoms with Crippen LogP contribution in [0.15, 0.2) is 30.3 Å². The molecule has 0 saturated heterocycles. The maximum atomic E-state index is 12.7. The molecule has 29 heavy (non-hydrogen) atoms. The number of hydrogen-bond acceptors (Lipinski definition) is 5. The molecule has 0 spiro atoms. The summed E-state index contributed by atoms with van der Waals surface area (Å²) in [6.07, 6.45) is 4.05. The monoisotopic (exact) mass is 421 g/mol. The Morgan fingerprint density at radius 2 is 1.72 bits per heavy atom. The topological polar surface area (TPSA) is 94.6 Å². The molecule has 3 rings (SSSR count). The number of imide groups is 1. The van der Waals surface area contributed by atoms with Crippen molar-refractivity contribution in [2.24, 2.45) is 0 Å². The van der Waals surface area contributed by atoms with Crippen LogP contribution in [0, 0.1) is 11.8 Å². The minimum absolute atomic E-state index is 0. The molecule has 0 aromatic heterocycles. The summed E-state index contributed by atoms with van der Waals surface area (Å²) in [6.45, 7) is 1.67. The van der Waals surface area contributed by atoms with E-state index in [1.165, 1.54) is 0 Å². The van der Waals surface area contributed by atoms with Crippen molar-refractivity contribution in [3.8, 4) is 11.8 Å². The first-order chi connectivity index (χ1) is 13.3. The number of nitrogens with zero attached hydrogens (tertiary/aromatic N) is 1. The summed E-state index contributed by atoms with van der Waals surface area (Å²) in [7, 11) is -4.54. The van der Waals surface area contributed by atoms with Crippen LogP contribution >= 0.6 is 0 Å². The molecule has 2 amide bonds. The van der Waals surface area contributed by atoms with E-state index in [2.05, 4.69) is 18.8 Å². The number of amides is 2. The van der Waals surface area contributed by atoms with Gasteiger partial charge < -0.3 is 4.55 Å². The van der Waals surface area contributed by atoms with Gasteiger partial charge in [-0.1, -0.05) is 43.7 Å².